The van der Waals surface area contributed by atoms with Crippen LogP contribution >= 0.6 is 0 Å². The summed E-state index contributed by atoms with van der Waals surface area (Å²) in [7, 11) is 6.13. The second-order valence-corrected chi connectivity index (χ2v) is 6.12. The zero-order valence-corrected chi connectivity index (χ0v) is 12.9. The molecular weight excluding hydrogens is 252 g/mol. The molecule has 0 unspecified atom stereocenters. The topological polar surface area (TPSA) is 50.2 Å². The summed E-state index contributed by atoms with van der Waals surface area (Å²) < 4.78 is 1.77. The maximum atomic E-state index is 12.0. The van der Waals surface area contributed by atoms with Crippen LogP contribution in [0.4, 0.5) is 0 Å². The highest BCUT2D eigenvalue weighted by molar-refractivity contribution is 5.76. The van der Waals surface area contributed by atoms with E-state index in [1.165, 1.54) is 25.7 Å². The lowest BCUT2D eigenvalue weighted by molar-refractivity contribution is -0.121. The van der Waals surface area contributed by atoms with Crippen molar-refractivity contribution in [3.05, 3.63) is 18.0 Å². The second kappa shape index (κ2) is 6.39. The first-order valence-electron chi connectivity index (χ1n) is 7.43. The minimum Gasteiger partial charge on any atom is -0.354 e. The van der Waals surface area contributed by atoms with Crippen LogP contribution in [0.1, 0.15) is 37.7 Å². The van der Waals surface area contributed by atoms with Gasteiger partial charge in [0.1, 0.15) is 0 Å². The maximum absolute atomic E-state index is 12.0. The van der Waals surface area contributed by atoms with Gasteiger partial charge >= 0.3 is 0 Å². The van der Waals surface area contributed by atoms with E-state index in [2.05, 4.69) is 29.4 Å². The summed E-state index contributed by atoms with van der Waals surface area (Å²) in [6, 6.07) is 0. The number of aromatic nitrogens is 2. The molecule has 1 aliphatic rings. The molecule has 1 fully saturated rings. The summed E-state index contributed by atoms with van der Waals surface area (Å²) in [5.74, 6) is 0.141. The number of amides is 1. The molecule has 1 aliphatic carbocycles. The molecule has 0 bridgehead atoms. The minimum absolute atomic E-state index is 0.141. The van der Waals surface area contributed by atoms with Crippen LogP contribution in [-0.2, 0) is 18.3 Å². The van der Waals surface area contributed by atoms with Gasteiger partial charge in [0, 0.05) is 31.7 Å². The summed E-state index contributed by atoms with van der Waals surface area (Å²) in [6.45, 7) is 0.770. The zero-order valence-electron chi connectivity index (χ0n) is 12.9. The Morgan fingerprint density at radius 3 is 2.70 bits per heavy atom. The number of nitrogens with one attached hydrogen (secondary N) is 1. The molecule has 0 radical (unpaired) electrons. The highest BCUT2D eigenvalue weighted by Crippen LogP contribution is 2.33. The van der Waals surface area contributed by atoms with Crippen molar-refractivity contribution in [3.8, 4) is 0 Å². The first-order chi connectivity index (χ1) is 9.52. The SMILES string of the molecule is CN(C)C1(CNC(=O)CCc2cnn(C)c2)CCCC1. The van der Waals surface area contributed by atoms with Crippen molar-refractivity contribution in [2.75, 3.05) is 20.6 Å². The van der Waals surface area contributed by atoms with Crippen LogP contribution in [0.25, 0.3) is 0 Å². The number of likely N-dealkylation sites (N-methyl/N-ethyl adjacent to an activating group) is 1. The molecule has 1 saturated carbocycles. The Bertz CT molecular complexity index is 446. The van der Waals surface area contributed by atoms with E-state index in [0.29, 0.717) is 6.42 Å². The predicted molar refractivity (Wildman–Crippen MR) is 79.4 cm³/mol. The summed E-state index contributed by atoms with van der Waals surface area (Å²) >= 11 is 0. The molecule has 0 atom stereocenters. The van der Waals surface area contributed by atoms with E-state index in [-0.39, 0.29) is 11.4 Å². The molecular formula is C15H26N4O. The van der Waals surface area contributed by atoms with Crippen molar-refractivity contribution < 1.29 is 4.79 Å². The van der Waals surface area contributed by atoms with E-state index < -0.39 is 0 Å². The second-order valence-electron chi connectivity index (χ2n) is 6.12. The van der Waals surface area contributed by atoms with Crippen LogP contribution in [0.3, 0.4) is 0 Å². The lowest BCUT2D eigenvalue weighted by atomic mass is 9.96. The number of rotatable bonds is 6. The molecule has 0 spiro atoms. The molecule has 0 aromatic carbocycles. The van der Waals surface area contributed by atoms with Crippen molar-refractivity contribution >= 4 is 5.91 Å². The largest absolute Gasteiger partial charge is 0.354 e. The monoisotopic (exact) mass is 278 g/mol. The van der Waals surface area contributed by atoms with Crippen LogP contribution in [0.15, 0.2) is 12.4 Å². The highest BCUT2D eigenvalue weighted by atomic mass is 16.1. The van der Waals surface area contributed by atoms with Crippen LogP contribution in [0.5, 0.6) is 0 Å². The molecule has 1 amide bonds. The molecule has 1 aromatic heterocycles. The fourth-order valence-corrected chi connectivity index (χ4v) is 3.03. The van der Waals surface area contributed by atoms with Gasteiger partial charge in [0.2, 0.25) is 5.91 Å². The summed E-state index contributed by atoms with van der Waals surface area (Å²) in [6.07, 6.45) is 9.99. The number of aryl methyl sites for hydroxylation is 2. The minimum atomic E-state index is 0.141. The van der Waals surface area contributed by atoms with Crippen molar-refractivity contribution in [3.63, 3.8) is 0 Å². The average Bonchev–Trinajstić information content (AvgIpc) is 3.03. The van der Waals surface area contributed by atoms with Gasteiger partial charge in [-0.05, 0) is 38.9 Å². The van der Waals surface area contributed by atoms with Gasteiger partial charge in [0.15, 0.2) is 0 Å². The van der Waals surface area contributed by atoms with E-state index in [1.54, 1.807) is 4.68 Å². The highest BCUT2D eigenvalue weighted by Gasteiger charge is 2.35. The Kier molecular flexibility index (Phi) is 4.81. The van der Waals surface area contributed by atoms with Gasteiger partial charge in [-0.1, -0.05) is 12.8 Å². The fourth-order valence-electron chi connectivity index (χ4n) is 3.03. The third-order valence-corrected chi connectivity index (χ3v) is 4.50. The van der Waals surface area contributed by atoms with Crippen LogP contribution < -0.4 is 5.32 Å². The van der Waals surface area contributed by atoms with E-state index >= 15 is 0 Å². The van der Waals surface area contributed by atoms with Gasteiger partial charge in [-0.3, -0.25) is 9.48 Å². The third kappa shape index (κ3) is 3.60. The Balaban J connectivity index is 1.77. The van der Waals surface area contributed by atoms with E-state index in [9.17, 15) is 4.79 Å². The summed E-state index contributed by atoms with van der Waals surface area (Å²) in [5.41, 5.74) is 1.29. The van der Waals surface area contributed by atoms with Crippen molar-refractivity contribution in [2.24, 2.45) is 7.05 Å². The molecule has 1 heterocycles. The number of carbonyl (C=O) groups excluding carboxylic acids is 1. The van der Waals surface area contributed by atoms with Crippen LogP contribution in [0, 0.1) is 0 Å². The van der Waals surface area contributed by atoms with Crippen LogP contribution in [-0.4, -0.2) is 46.8 Å². The third-order valence-electron chi connectivity index (χ3n) is 4.50. The molecule has 112 valence electrons. The number of carbonyl (C=O) groups is 1. The molecule has 5 nitrogen and oxygen atoms in total. The molecule has 0 saturated heterocycles. The lowest BCUT2D eigenvalue weighted by Gasteiger charge is -2.36. The van der Waals surface area contributed by atoms with Gasteiger partial charge in [-0.15, -0.1) is 0 Å². The van der Waals surface area contributed by atoms with Crippen molar-refractivity contribution in [1.82, 2.24) is 20.0 Å². The standard InChI is InChI=1S/C15H26N4O/c1-18(2)15(8-4-5-9-15)12-16-14(20)7-6-13-10-17-19(3)11-13/h10-11H,4-9,12H2,1-3H3,(H,16,20). The Morgan fingerprint density at radius 2 is 2.15 bits per heavy atom. The smallest absolute Gasteiger partial charge is 0.220 e. The Morgan fingerprint density at radius 1 is 1.45 bits per heavy atom. The van der Waals surface area contributed by atoms with E-state index in [4.69, 9.17) is 0 Å². The quantitative estimate of drug-likeness (QED) is 0.854. The maximum Gasteiger partial charge on any atom is 0.220 e. The van der Waals surface area contributed by atoms with Crippen molar-refractivity contribution in [2.45, 2.75) is 44.1 Å². The lowest BCUT2D eigenvalue weighted by Crippen LogP contribution is -2.50. The molecule has 20 heavy (non-hydrogen) atoms. The van der Waals surface area contributed by atoms with Gasteiger partial charge in [-0.25, -0.2) is 0 Å². The molecule has 0 aliphatic heterocycles. The number of hydrogen-bond acceptors (Lipinski definition) is 3. The van der Waals surface area contributed by atoms with Crippen LogP contribution in [0.2, 0.25) is 0 Å². The van der Waals surface area contributed by atoms with Gasteiger partial charge in [0.25, 0.3) is 0 Å². The average molecular weight is 278 g/mol. The van der Waals surface area contributed by atoms with Crippen molar-refractivity contribution in [1.29, 1.82) is 0 Å². The molecule has 2 rings (SSSR count). The number of hydrogen-bond donors (Lipinski definition) is 1. The first kappa shape index (κ1) is 15.0. The zero-order chi connectivity index (χ0) is 14.6. The molecule has 1 N–H and O–H groups in total. The van der Waals surface area contributed by atoms with Gasteiger partial charge in [0.05, 0.1) is 6.20 Å². The van der Waals surface area contributed by atoms with Gasteiger partial charge < -0.3 is 10.2 Å². The van der Waals surface area contributed by atoms with Gasteiger partial charge in [-0.2, -0.15) is 5.10 Å². The summed E-state index contributed by atoms with van der Waals surface area (Å²) in [4.78, 5) is 14.3. The van der Waals surface area contributed by atoms with E-state index in [1.807, 2.05) is 19.4 Å². The first-order valence-corrected chi connectivity index (χ1v) is 7.43. The number of nitrogens with zero attached hydrogens (tertiary/aromatic N) is 3. The Hall–Kier alpha value is -1.36. The molecule has 5 heteroatoms. The molecule has 1 aromatic rings. The van der Waals surface area contributed by atoms with E-state index in [0.717, 1.165) is 18.5 Å². The predicted octanol–water partition coefficient (Wildman–Crippen LogP) is 1.34. The summed E-state index contributed by atoms with van der Waals surface area (Å²) in [5, 5.41) is 7.23. The Labute approximate surface area is 121 Å². The fraction of sp³-hybridized carbons (Fsp3) is 0.733. The normalized spacial score (nSPS) is 17.6.